The van der Waals surface area contributed by atoms with Crippen LogP contribution in [-0.4, -0.2) is 33.1 Å². The number of pyridine rings is 1. The molecule has 2 heterocycles. The Hall–Kier alpha value is -2.24. The van der Waals surface area contributed by atoms with E-state index in [1.807, 2.05) is 26.0 Å². The number of hydrogen-bond donors (Lipinski definition) is 1. The number of aromatic nitrogens is 4. The number of anilines is 1. The standard InChI is InChI=1S/C14H19N5O/c1-4-8-15-13-17-12(18-14(19-13)20-5-2)11-7-6-10(3)16-9-11/h6-7,9H,4-5,8H2,1-3H3,(H,15,17,18,19). The lowest BCUT2D eigenvalue weighted by atomic mass is 10.2. The molecule has 0 bridgehead atoms. The second kappa shape index (κ2) is 6.79. The van der Waals surface area contributed by atoms with Crippen molar-refractivity contribution in [2.24, 2.45) is 0 Å². The summed E-state index contributed by atoms with van der Waals surface area (Å²) < 4.78 is 5.39. The largest absolute Gasteiger partial charge is 0.464 e. The van der Waals surface area contributed by atoms with Gasteiger partial charge >= 0.3 is 6.01 Å². The van der Waals surface area contributed by atoms with Gasteiger partial charge in [0.05, 0.1) is 6.61 Å². The average Bonchev–Trinajstić information content (AvgIpc) is 2.46. The van der Waals surface area contributed by atoms with Crippen molar-refractivity contribution in [3.05, 3.63) is 24.0 Å². The summed E-state index contributed by atoms with van der Waals surface area (Å²) in [5.41, 5.74) is 1.80. The molecule has 0 aliphatic carbocycles. The van der Waals surface area contributed by atoms with Crippen molar-refractivity contribution >= 4 is 5.95 Å². The predicted molar refractivity (Wildman–Crippen MR) is 77.7 cm³/mol. The molecule has 2 rings (SSSR count). The van der Waals surface area contributed by atoms with Gasteiger partial charge in [0.25, 0.3) is 0 Å². The topological polar surface area (TPSA) is 72.8 Å². The van der Waals surface area contributed by atoms with E-state index in [0.717, 1.165) is 24.2 Å². The molecule has 0 radical (unpaired) electrons. The maximum absolute atomic E-state index is 5.39. The molecule has 0 amide bonds. The number of nitrogens with zero attached hydrogens (tertiary/aromatic N) is 4. The molecule has 6 nitrogen and oxygen atoms in total. The second-order valence-electron chi connectivity index (χ2n) is 4.31. The van der Waals surface area contributed by atoms with Gasteiger partial charge in [0.15, 0.2) is 5.82 Å². The Morgan fingerprint density at radius 2 is 2.00 bits per heavy atom. The Kier molecular flexibility index (Phi) is 4.81. The van der Waals surface area contributed by atoms with Gasteiger partial charge < -0.3 is 10.1 Å². The van der Waals surface area contributed by atoms with Crippen LogP contribution in [0.5, 0.6) is 6.01 Å². The molecular weight excluding hydrogens is 254 g/mol. The number of aryl methyl sites for hydroxylation is 1. The Balaban J connectivity index is 2.34. The first-order valence-electron chi connectivity index (χ1n) is 6.78. The number of rotatable bonds is 6. The molecule has 2 aromatic rings. The first kappa shape index (κ1) is 14.2. The molecule has 0 aromatic carbocycles. The molecule has 6 heteroatoms. The van der Waals surface area contributed by atoms with Crippen molar-refractivity contribution < 1.29 is 4.74 Å². The maximum atomic E-state index is 5.39. The van der Waals surface area contributed by atoms with Crippen LogP contribution in [0, 0.1) is 6.92 Å². The van der Waals surface area contributed by atoms with E-state index in [0.29, 0.717) is 24.4 Å². The maximum Gasteiger partial charge on any atom is 0.321 e. The molecule has 2 aromatic heterocycles. The molecule has 1 N–H and O–H groups in total. The van der Waals surface area contributed by atoms with Crippen LogP contribution in [0.4, 0.5) is 5.95 Å². The van der Waals surface area contributed by atoms with Crippen molar-refractivity contribution in [2.75, 3.05) is 18.5 Å². The van der Waals surface area contributed by atoms with E-state index >= 15 is 0 Å². The Labute approximate surface area is 118 Å². The fraction of sp³-hybridized carbons (Fsp3) is 0.429. The van der Waals surface area contributed by atoms with Crippen LogP contribution >= 0.6 is 0 Å². The van der Waals surface area contributed by atoms with E-state index in [2.05, 4.69) is 32.2 Å². The average molecular weight is 273 g/mol. The van der Waals surface area contributed by atoms with E-state index < -0.39 is 0 Å². The molecule has 0 fully saturated rings. The van der Waals surface area contributed by atoms with Gasteiger partial charge in [-0.3, -0.25) is 4.98 Å². The summed E-state index contributed by atoms with van der Waals surface area (Å²) in [7, 11) is 0. The van der Waals surface area contributed by atoms with Crippen LogP contribution in [0.2, 0.25) is 0 Å². The molecule has 0 aliphatic rings. The van der Waals surface area contributed by atoms with E-state index in [4.69, 9.17) is 4.74 Å². The molecule has 0 unspecified atom stereocenters. The number of hydrogen-bond acceptors (Lipinski definition) is 6. The zero-order valence-electron chi connectivity index (χ0n) is 12.1. The van der Waals surface area contributed by atoms with Crippen molar-refractivity contribution in [1.82, 2.24) is 19.9 Å². The molecule has 0 aliphatic heterocycles. The van der Waals surface area contributed by atoms with Gasteiger partial charge in [-0.1, -0.05) is 6.92 Å². The fourth-order valence-electron chi connectivity index (χ4n) is 1.60. The normalized spacial score (nSPS) is 10.3. The highest BCUT2D eigenvalue weighted by molar-refractivity contribution is 5.55. The molecule has 20 heavy (non-hydrogen) atoms. The smallest absolute Gasteiger partial charge is 0.321 e. The van der Waals surface area contributed by atoms with Crippen LogP contribution in [0.3, 0.4) is 0 Å². The first-order valence-corrected chi connectivity index (χ1v) is 6.78. The summed E-state index contributed by atoms with van der Waals surface area (Å²) in [6.45, 7) is 7.25. The van der Waals surface area contributed by atoms with Crippen LogP contribution in [0.15, 0.2) is 18.3 Å². The third-order valence-electron chi connectivity index (χ3n) is 2.59. The van der Waals surface area contributed by atoms with Crippen LogP contribution < -0.4 is 10.1 Å². The lowest BCUT2D eigenvalue weighted by Crippen LogP contribution is -2.08. The lowest BCUT2D eigenvalue weighted by molar-refractivity contribution is 0.312. The van der Waals surface area contributed by atoms with Crippen molar-refractivity contribution in [3.8, 4) is 17.4 Å². The quantitative estimate of drug-likeness (QED) is 0.871. The zero-order chi connectivity index (χ0) is 14.4. The van der Waals surface area contributed by atoms with Gasteiger partial charge in [0.1, 0.15) is 0 Å². The predicted octanol–water partition coefficient (Wildman–Crippen LogP) is 2.46. The van der Waals surface area contributed by atoms with Crippen molar-refractivity contribution in [2.45, 2.75) is 27.2 Å². The summed E-state index contributed by atoms with van der Waals surface area (Å²) in [6, 6.07) is 4.20. The Bertz CT molecular complexity index is 556. The van der Waals surface area contributed by atoms with Gasteiger partial charge in [0.2, 0.25) is 5.95 Å². The van der Waals surface area contributed by atoms with Gasteiger partial charge in [-0.05, 0) is 32.4 Å². The third-order valence-corrected chi connectivity index (χ3v) is 2.59. The minimum Gasteiger partial charge on any atom is -0.464 e. The summed E-state index contributed by atoms with van der Waals surface area (Å²) >= 11 is 0. The summed E-state index contributed by atoms with van der Waals surface area (Å²) in [4.78, 5) is 17.2. The van der Waals surface area contributed by atoms with Crippen molar-refractivity contribution in [1.29, 1.82) is 0 Å². The van der Waals surface area contributed by atoms with E-state index in [-0.39, 0.29) is 0 Å². The molecule has 0 saturated carbocycles. The van der Waals surface area contributed by atoms with Gasteiger partial charge in [-0.2, -0.15) is 15.0 Å². The van der Waals surface area contributed by atoms with Crippen LogP contribution in [-0.2, 0) is 0 Å². The number of nitrogens with one attached hydrogen (secondary N) is 1. The van der Waals surface area contributed by atoms with Gasteiger partial charge in [-0.15, -0.1) is 0 Å². The highest BCUT2D eigenvalue weighted by Crippen LogP contribution is 2.18. The Morgan fingerprint density at radius 3 is 2.65 bits per heavy atom. The minimum atomic E-state index is 0.330. The second-order valence-corrected chi connectivity index (χ2v) is 4.31. The summed E-state index contributed by atoms with van der Waals surface area (Å²) in [5.74, 6) is 1.09. The zero-order valence-corrected chi connectivity index (χ0v) is 12.1. The highest BCUT2D eigenvalue weighted by atomic mass is 16.5. The first-order chi connectivity index (χ1) is 9.72. The van der Waals surface area contributed by atoms with Gasteiger partial charge in [0, 0.05) is 24.0 Å². The number of ether oxygens (including phenoxy) is 1. The van der Waals surface area contributed by atoms with Crippen LogP contribution in [0.1, 0.15) is 26.0 Å². The molecule has 0 atom stereocenters. The van der Waals surface area contributed by atoms with E-state index in [1.54, 1.807) is 6.20 Å². The minimum absolute atomic E-state index is 0.330. The monoisotopic (exact) mass is 273 g/mol. The molecule has 106 valence electrons. The third kappa shape index (κ3) is 3.63. The lowest BCUT2D eigenvalue weighted by Gasteiger charge is -2.08. The molecular formula is C14H19N5O. The fourth-order valence-corrected chi connectivity index (χ4v) is 1.60. The van der Waals surface area contributed by atoms with E-state index in [9.17, 15) is 0 Å². The SMILES string of the molecule is CCCNc1nc(OCC)nc(-c2ccc(C)nc2)n1. The van der Waals surface area contributed by atoms with Gasteiger partial charge in [-0.25, -0.2) is 0 Å². The van der Waals surface area contributed by atoms with E-state index in [1.165, 1.54) is 0 Å². The molecule has 0 saturated heterocycles. The Morgan fingerprint density at radius 1 is 1.15 bits per heavy atom. The van der Waals surface area contributed by atoms with Crippen molar-refractivity contribution in [3.63, 3.8) is 0 Å². The summed E-state index contributed by atoms with van der Waals surface area (Å²) in [5, 5.41) is 3.15. The molecule has 0 spiro atoms. The highest BCUT2D eigenvalue weighted by Gasteiger charge is 2.09. The van der Waals surface area contributed by atoms with Crippen LogP contribution in [0.25, 0.3) is 11.4 Å². The summed E-state index contributed by atoms with van der Waals surface area (Å²) in [6.07, 6.45) is 2.75.